The summed E-state index contributed by atoms with van der Waals surface area (Å²) in [6, 6.07) is 7.70. The fourth-order valence-electron chi connectivity index (χ4n) is 4.59. The first kappa shape index (κ1) is 20.5. The molecule has 1 fully saturated rings. The van der Waals surface area contributed by atoms with Gasteiger partial charge in [-0.3, -0.25) is 0 Å². The minimum Gasteiger partial charge on any atom is -0.368 e. The first-order valence-electron chi connectivity index (χ1n) is 11.2. The maximum atomic E-state index is 14.3. The van der Waals surface area contributed by atoms with Crippen molar-refractivity contribution in [3.05, 3.63) is 71.4 Å². The number of rotatable bonds is 4. The van der Waals surface area contributed by atoms with E-state index in [9.17, 15) is 8.78 Å². The van der Waals surface area contributed by atoms with Crippen molar-refractivity contribution < 1.29 is 8.78 Å². The maximum absolute atomic E-state index is 14.3. The fourth-order valence-corrected chi connectivity index (χ4v) is 4.59. The summed E-state index contributed by atoms with van der Waals surface area (Å²) in [6.45, 7) is 3.72. The van der Waals surface area contributed by atoms with E-state index >= 15 is 0 Å². The number of hydrogen-bond acceptors (Lipinski definition) is 6. The summed E-state index contributed by atoms with van der Waals surface area (Å²) in [5, 5.41) is 4.46. The van der Waals surface area contributed by atoms with Gasteiger partial charge in [-0.05, 0) is 44.0 Å². The Kier molecular flexibility index (Phi) is 4.68. The molecule has 0 aliphatic carbocycles. The molecule has 10 heteroatoms. The van der Waals surface area contributed by atoms with Gasteiger partial charge in [-0.1, -0.05) is 6.07 Å². The van der Waals surface area contributed by atoms with Crippen LogP contribution in [0.15, 0.2) is 42.7 Å². The number of imidazole rings is 1. The molecule has 0 unspecified atom stereocenters. The number of halogens is 2. The molecule has 1 saturated heterocycles. The summed E-state index contributed by atoms with van der Waals surface area (Å²) in [4.78, 5) is 16.0. The van der Waals surface area contributed by atoms with E-state index in [1.165, 1.54) is 22.7 Å². The number of aromatic nitrogens is 6. The minimum atomic E-state index is -0.635. The number of pyridine rings is 1. The van der Waals surface area contributed by atoms with Crippen molar-refractivity contribution in [2.24, 2.45) is 0 Å². The van der Waals surface area contributed by atoms with Crippen LogP contribution in [0.2, 0.25) is 0 Å². The van der Waals surface area contributed by atoms with Crippen molar-refractivity contribution in [3.63, 3.8) is 0 Å². The van der Waals surface area contributed by atoms with Crippen molar-refractivity contribution in [1.82, 2.24) is 29.0 Å². The Morgan fingerprint density at radius 2 is 1.79 bits per heavy atom. The van der Waals surface area contributed by atoms with Gasteiger partial charge in [0.1, 0.15) is 23.1 Å². The van der Waals surface area contributed by atoms with Crippen LogP contribution in [0.1, 0.15) is 29.9 Å². The van der Waals surface area contributed by atoms with Crippen LogP contribution in [-0.2, 0) is 6.42 Å². The topological polar surface area (TPSA) is 89.6 Å². The highest BCUT2D eigenvalue weighted by atomic mass is 19.1. The molecule has 0 radical (unpaired) electrons. The smallest absolute Gasteiger partial charge is 0.225 e. The summed E-state index contributed by atoms with van der Waals surface area (Å²) in [5.41, 5.74) is 10.2. The first-order chi connectivity index (χ1) is 16.5. The third kappa shape index (κ3) is 3.25. The molecule has 1 aliphatic heterocycles. The molecule has 1 aromatic carbocycles. The Bertz CT molecular complexity index is 1530. The second-order valence-corrected chi connectivity index (χ2v) is 8.55. The van der Waals surface area contributed by atoms with E-state index in [-0.39, 0.29) is 23.8 Å². The summed E-state index contributed by atoms with van der Waals surface area (Å²) in [5.74, 6) is -0.103. The van der Waals surface area contributed by atoms with Gasteiger partial charge in [-0.2, -0.15) is 9.50 Å². The molecule has 0 saturated carbocycles. The summed E-state index contributed by atoms with van der Waals surface area (Å²) >= 11 is 0. The number of nitrogens with zero attached hydrogens (tertiary/aromatic N) is 7. The number of fused-ring (bicyclic) bond motifs is 2. The van der Waals surface area contributed by atoms with Crippen LogP contribution in [0.4, 0.5) is 20.5 Å². The summed E-state index contributed by atoms with van der Waals surface area (Å²) in [7, 11) is 0. The lowest BCUT2D eigenvalue weighted by atomic mass is 10.1. The van der Waals surface area contributed by atoms with E-state index in [0.29, 0.717) is 5.65 Å². The molecule has 0 spiro atoms. The zero-order valence-electron chi connectivity index (χ0n) is 18.5. The number of hydrogen-bond donors (Lipinski definition) is 1. The normalized spacial score (nSPS) is 14.0. The quantitative estimate of drug-likeness (QED) is 0.439. The van der Waals surface area contributed by atoms with Crippen molar-refractivity contribution in [2.45, 2.75) is 26.2 Å². The zero-order chi connectivity index (χ0) is 23.4. The molecule has 5 heterocycles. The second-order valence-electron chi connectivity index (χ2n) is 8.55. The molecule has 172 valence electrons. The van der Waals surface area contributed by atoms with Crippen molar-refractivity contribution >= 4 is 23.1 Å². The molecule has 4 aromatic heterocycles. The van der Waals surface area contributed by atoms with Gasteiger partial charge in [-0.25, -0.2) is 18.7 Å². The van der Waals surface area contributed by atoms with E-state index in [1.807, 2.05) is 35.9 Å². The number of benzene rings is 1. The molecule has 1 aliphatic rings. The Balaban J connectivity index is 1.57. The number of anilines is 2. The average molecular weight is 460 g/mol. The van der Waals surface area contributed by atoms with E-state index in [0.717, 1.165) is 54.2 Å². The molecule has 6 rings (SSSR count). The third-order valence-electron chi connectivity index (χ3n) is 6.32. The van der Waals surface area contributed by atoms with Gasteiger partial charge >= 0.3 is 0 Å². The largest absolute Gasteiger partial charge is 0.368 e. The molecule has 0 atom stereocenters. The zero-order valence-corrected chi connectivity index (χ0v) is 18.5. The average Bonchev–Trinajstić information content (AvgIpc) is 3.57. The highest BCUT2D eigenvalue weighted by Gasteiger charge is 2.25. The number of nitrogens with two attached hydrogens (primary N) is 1. The Labute approximate surface area is 193 Å². The molecular formula is C24H22F2N8. The highest BCUT2D eigenvalue weighted by Crippen LogP contribution is 2.36. The van der Waals surface area contributed by atoms with Gasteiger partial charge < -0.3 is 15.0 Å². The predicted molar refractivity (Wildman–Crippen MR) is 125 cm³/mol. The molecule has 0 bridgehead atoms. The molecule has 5 aromatic rings. The lowest BCUT2D eigenvalue weighted by Gasteiger charge is -2.21. The van der Waals surface area contributed by atoms with Crippen LogP contribution in [0.25, 0.3) is 22.4 Å². The summed E-state index contributed by atoms with van der Waals surface area (Å²) < 4.78 is 32.0. The first-order valence-corrected chi connectivity index (χ1v) is 11.2. The van der Waals surface area contributed by atoms with Crippen LogP contribution < -0.4 is 10.6 Å². The predicted octanol–water partition coefficient (Wildman–Crippen LogP) is 3.80. The van der Waals surface area contributed by atoms with Crippen LogP contribution in [0.5, 0.6) is 0 Å². The summed E-state index contributed by atoms with van der Waals surface area (Å²) in [6.07, 6.45) is 5.84. The van der Waals surface area contributed by atoms with Crippen molar-refractivity contribution in [3.8, 4) is 11.1 Å². The lowest BCUT2D eigenvalue weighted by Crippen LogP contribution is -2.21. The van der Waals surface area contributed by atoms with Gasteiger partial charge in [0.25, 0.3) is 0 Å². The van der Waals surface area contributed by atoms with Gasteiger partial charge in [0.2, 0.25) is 5.95 Å². The third-order valence-corrected chi connectivity index (χ3v) is 6.32. The number of aryl methyl sites for hydroxylation is 1. The van der Waals surface area contributed by atoms with Crippen molar-refractivity contribution in [1.29, 1.82) is 0 Å². The Morgan fingerprint density at radius 1 is 1.03 bits per heavy atom. The van der Waals surface area contributed by atoms with Crippen LogP contribution in [0, 0.1) is 18.6 Å². The lowest BCUT2D eigenvalue weighted by molar-refractivity contribution is 0.559. The van der Waals surface area contributed by atoms with Crippen LogP contribution >= 0.6 is 0 Å². The Morgan fingerprint density at radius 3 is 2.56 bits per heavy atom. The maximum Gasteiger partial charge on any atom is 0.225 e. The van der Waals surface area contributed by atoms with E-state index in [2.05, 4.69) is 15.0 Å². The van der Waals surface area contributed by atoms with Gasteiger partial charge in [0.05, 0.1) is 5.56 Å². The van der Waals surface area contributed by atoms with E-state index in [4.69, 9.17) is 15.7 Å². The minimum absolute atomic E-state index is 0.0817. The number of nitrogen functional groups attached to an aromatic ring is 1. The molecule has 8 nitrogen and oxygen atoms in total. The SMILES string of the molecule is Cc1cnc2ccc(-c3c(N4CCCC4)nc(N)n4nc(Cc5c(F)cccc5F)nc34)cn12. The molecule has 2 N–H and O–H groups in total. The van der Waals surface area contributed by atoms with Crippen molar-refractivity contribution in [2.75, 3.05) is 23.7 Å². The standard InChI is InChI=1S/C24H22F2N8/c1-14-12-28-20-8-7-15(13-33(14)20)21-22(32-9-2-3-10-32)30-24(27)34-23(21)29-19(31-34)11-16-17(25)5-4-6-18(16)26/h4-8,12-13H,2-3,9-11H2,1H3,(H2,27,30). The molecular weight excluding hydrogens is 438 g/mol. The monoisotopic (exact) mass is 460 g/mol. The van der Waals surface area contributed by atoms with Gasteiger partial charge in [-0.15, -0.1) is 5.10 Å². The highest BCUT2D eigenvalue weighted by molar-refractivity contribution is 5.88. The fraction of sp³-hybridized carbons (Fsp3) is 0.250. The Hall–Kier alpha value is -4.08. The van der Waals surface area contributed by atoms with E-state index < -0.39 is 11.6 Å². The molecule has 0 amide bonds. The molecule has 34 heavy (non-hydrogen) atoms. The van der Waals surface area contributed by atoms with Crippen LogP contribution in [0.3, 0.4) is 0 Å². The van der Waals surface area contributed by atoms with Crippen LogP contribution in [-0.4, -0.2) is 42.1 Å². The van der Waals surface area contributed by atoms with E-state index in [1.54, 1.807) is 0 Å². The second kappa shape index (κ2) is 7.75. The van der Waals surface area contributed by atoms with Gasteiger partial charge in [0, 0.05) is 48.7 Å². The van der Waals surface area contributed by atoms with Gasteiger partial charge in [0.15, 0.2) is 11.5 Å².